The van der Waals surface area contributed by atoms with Crippen LogP contribution in [0.15, 0.2) is 36.4 Å². The number of hydrogen-bond donors (Lipinski definition) is 3. The smallest absolute Gasteiger partial charge is 0.255 e. The zero-order valence-electron chi connectivity index (χ0n) is 13.0. The predicted molar refractivity (Wildman–Crippen MR) is 95.9 cm³/mol. The molecule has 0 unspecified atom stereocenters. The Morgan fingerprint density at radius 2 is 2.00 bits per heavy atom. The molecule has 0 aliphatic carbocycles. The molecular formula is C17H18N4OS. The van der Waals surface area contributed by atoms with E-state index in [0.717, 1.165) is 27.9 Å². The average Bonchev–Trinajstić information content (AvgIpc) is 2.98. The summed E-state index contributed by atoms with van der Waals surface area (Å²) in [5.41, 5.74) is 7.07. The number of nitrogen functional groups attached to an aromatic ring is 1. The number of benzene rings is 2. The highest BCUT2D eigenvalue weighted by Crippen LogP contribution is 2.30. The van der Waals surface area contributed by atoms with Crippen LogP contribution in [0.2, 0.25) is 0 Å². The lowest BCUT2D eigenvalue weighted by Gasteiger charge is -2.07. The van der Waals surface area contributed by atoms with E-state index < -0.39 is 0 Å². The van der Waals surface area contributed by atoms with Crippen molar-refractivity contribution in [3.8, 4) is 0 Å². The van der Waals surface area contributed by atoms with Crippen molar-refractivity contribution in [2.24, 2.45) is 5.84 Å². The first kappa shape index (κ1) is 15.5. The molecule has 4 N–H and O–H groups in total. The van der Waals surface area contributed by atoms with Crippen LogP contribution in [0.1, 0.15) is 28.4 Å². The molecule has 23 heavy (non-hydrogen) atoms. The van der Waals surface area contributed by atoms with Gasteiger partial charge in [0.25, 0.3) is 5.91 Å². The molecule has 0 radical (unpaired) electrons. The first-order valence-electron chi connectivity index (χ1n) is 7.38. The Kier molecular flexibility index (Phi) is 4.27. The van der Waals surface area contributed by atoms with Crippen molar-refractivity contribution in [2.75, 3.05) is 10.7 Å². The first-order valence-corrected chi connectivity index (χ1v) is 8.20. The molecule has 1 amide bonds. The molecule has 2 aromatic carbocycles. The summed E-state index contributed by atoms with van der Waals surface area (Å²) in [6, 6.07) is 11.5. The molecule has 0 saturated carbocycles. The quantitative estimate of drug-likeness (QED) is 0.504. The normalized spacial score (nSPS) is 10.7. The van der Waals surface area contributed by atoms with Crippen LogP contribution in [0.5, 0.6) is 0 Å². The zero-order chi connectivity index (χ0) is 16.4. The van der Waals surface area contributed by atoms with Crippen LogP contribution in [0.25, 0.3) is 10.2 Å². The maximum atomic E-state index is 12.4. The van der Waals surface area contributed by atoms with E-state index in [2.05, 4.69) is 22.7 Å². The fourth-order valence-corrected chi connectivity index (χ4v) is 3.32. The minimum absolute atomic E-state index is 0.118. The SMILES string of the molecule is CCc1ccc(C(=O)Nc2cc(C)c3nc(NN)sc3c2)cc1. The fraction of sp³-hybridized carbons (Fsp3) is 0.176. The summed E-state index contributed by atoms with van der Waals surface area (Å²) in [6.45, 7) is 4.06. The summed E-state index contributed by atoms with van der Waals surface area (Å²) in [4.78, 5) is 16.8. The van der Waals surface area contributed by atoms with Crippen molar-refractivity contribution in [3.05, 3.63) is 53.1 Å². The minimum Gasteiger partial charge on any atom is -0.322 e. The number of nitrogens with one attached hydrogen (secondary N) is 2. The number of anilines is 2. The molecule has 5 nitrogen and oxygen atoms in total. The van der Waals surface area contributed by atoms with E-state index in [-0.39, 0.29) is 5.91 Å². The summed E-state index contributed by atoms with van der Waals surface area (Å²) >= 11 is 1.45. The number of nitrogens with zero attached hydrogens (tertiary/aromatic N) is 1. The van der Waals surface area contributed by atoms with E-state index in [0.29, 0.717) is 10.7 Å². The molecule has 0 saturated heterocycles. The summed E-state index contributed by atoms with van der Waals surface area (Å²) < 4.78 is 0.981. The van der Waals surface area contributed by atoms with E-state index in [9.17, 15) is 4.79 Å². The van der Waals surface area contributed by atoms with Crippen molar-refractivity contribution >= 4 is 38.3 Å². The standard InChI is InChI=1S/C17H18N4OS/c1-3-11-4-6-12(7-5-11)16(22)19-13-8-10(2)15-14(9-13)23-17(20-15)21-18/h4-9H,3,18H2,1-2H3,(H,19,22)(H,20,21). The third kappa shape index (κ3) is 3.18. The van der Waals surface area contributed by atoms with Gasteiger partial charge in [-0.2, -0.15) is 0 Å². The summed E-state index contributed by atoms with van der Waals surface area (Å²) in [5.74, 6) is 5.29. The van der Waals surface area contributed by atoms with Crippen LogP contribution in [-0.2, 0) is 6.42 Å². The molecule has 118 valence electrons. The van der Waals surface area contributed by atoms with Gasteiger partial charge in [0.1, 0.15) is 0 Å². The van der Waals surface area contributed by atoms with Crippen molar-refractivity contribution in [1.82, 2.24) is 4.98 Å². The number of amides is 1. The second kappa shape index (κ2) is 6.36. The Morgan fingerprint density at radius 3 is 2.65 bits per heavy atom. The second-order valence-electron chi connectivity index (χ2n) is 5.31. The molecule has 3 rings (SSSR count). The Balaban J connectivity index is 1.86. The molecule has 0 spiro atoms. The number of nitrogens with two attached hydrogens (primary N) is 1. The van der Waals surface area contributed by atoms with Gasteiger partial charge in [0.05, 0.1) is 10.2 Å². The fourth-order valence-electron chi connectivity index (χ4n) is 2.43. The lowest BCUT2D eigenvalue weighted by molar-refractivity contribution is 0.102. The van der Waals surface area contributed by atoms with Crippen LogP contribution in [0.4, 0.5) is 10.8 Å². The van der Waals surface area contributed by atoms with Crippen LogP contribution in [0, 0.1) is 6.92 Å². The van der Waals surface area contributed by atoms with Gasteiger partial charge in [0.15, 0.2) is 5.13 Å². The van der Waals surface area contributed by atoms with Gasteiger partial charge in [0, 0.05) is 11.3 Å². The number of carbonyl (C=O) groups is 1. The maximum Gasteiger partial charge on any atom is 0.255 e. The van der Waals surface area contributed by atoms with Gasteiger partial charge in [-0.15, -0.1) is 0 Å². The number of fused-ring (bicyclic) bond motifs is 1. The van der Waals surface area contributed by atoms with E-state index in [4.69, 9.17) is 5.84 Å². The Hall–Kier alpha value is -2.44. The molecule has 1 aromatic heterocycles. The molecule has 0 atom stereocenters. The van der Waals surface area contributed by atoms with Crippen molar-refractivity contribution in [2.45, 2.75) is 20.3 Å². The van der Waals surface area contributed by atoms with Gasteiger partial charge in [0.2, 0.25) is 0 Å². The third-order valence-electron chi connectivity index (χ3n) is 3.69. The number of hydrazine groups is 1. The highest BCUT2D eigenvalue weighted by molar-refractivity contribution is 7.22. The predicted octanol–water partition coefficient (Wildman–Crippen LogP) is 3.71. The van der Waals surface area contributed by atoms with Crippen LogP contribution in [-0.4, -0.2) is 10.9 Å². The summed E-state index contributed by atoms with van der Waals surface area (Å²) in [7, 11) is 0. The molecule has 6 heteroatoms. The van der Waals surface area contributed by atoms with Gasteiger partial charge in [-0.1, -0.05) is 30.4 Å². The van der Waals surface area contributed by atoms with Gasteiger partial charge in [-0.25, -0.2) is 10.8 Å². The lowest BCUT2D eigenvalue weighted by Crippen LogP contribution is -2.11. The first-order chi connectivity index (χ1) is 11.1. The summed E-state index contributed by atoms with van der Waals surface area (Å²) in [5, 5.41) is 3.60. The summed E-state index contributed by atoms with van der Waals surface area (Å²) in [6.07, 6.45) is 0.959. The number of thiazole rings is 1. The zero-order valence-corrected chi connectivity index (χ0v) is 13.8. The van der Waals surface area contributed by atoms with E-state index in [1.54, 1.807) is 0 Å². The Labute approximate surface area is 138 Å². The topological polar surface area (TPSA) is 80.0 Å². The number of aromatic nitrogens is 1. The molecule has 1 heterocycles. The van der Waals surface area contributed by atoms with Gasteiger partial charge in [-0.3, -0.25) is 10.2 Å². The highest BCUT2D eigenvalue weighted by atomic mass is 32.1. The van der Waals surface area contributed by atoms with Crippen molar-refractivity contribution < 1.29 is 4.79 Å². The van der Waals surface area contributed by atoms with Gasteiger partial charge < -0.3 is 5.32 Å². The maximum absolute atomic E-state index is 12.4. The molecule has 0 aliphatic rings. The molecule has 3 aromatic rings. The molecule has 0 fully saturated rings. The van der Waals surface area contributed by atoms with Crippen LogP contribution >= 0.6 is 11.3 Å². The third-order valence-corrected chi connectivity index (χ3v) is 4.62. The monoisotopic (exact) mass is 326 g/mol. The van der Waals surface area contributed by atoms with Crippen LogP contribution < -0.4 is 16.6 Å². The lowest BCUT2D eigenvalue weighted by atomic mass is 10.1. The Morgan fingerprint density at radius 1 is 1.26 bits per heavy atom. The average molecular weight is 326 g/mol. The number of hydrogen-bond acceptors (Lipinski definition) is 5. The molecule has 0 bridgehead atoms. The van der Waals surface area contributed by atoms with E-state index in [1.807, 2.05) is 43.3 Å². The second-order valence-corrected chi connectivity index (χ2v) is 6.34. The number of rotatable bonds is 4. The minimum atomic E-state index is -0.118. The van der Waals surface area contributed by atoms with Crippen molar-refractivity contribution in [1.29, 1.82) is 0 Å². The Bertz CT molecular complexity index is 855. The number of carbonyl (C=O) groups excluding carboxylic acids is 1. The van der Waals surface area contributed by atoms with Gasteiger partial charge in [-0.05, 0) is 48.7 Å². The van der Waals surface area contributed by atoms with Gasteiger partial charge >= 0.3 is 0 Å². The van der Waals surface area contributed by atoms with Crippen LogP contribution in [0.3, 0.4) is 0 Å². The highest BCUT2D eigenvalue weighted by Gasteiger charge is 2.10. The molecule has 0 aliphatic heterocycles. The van der Waals surface area contributed by atoms with E-state index >= 15 is 0 Å². The van der Waals surface area contributed by atoms with E-state index in [1.165, 1.54) is 16.9 Å². The molecular weight excluding hydrogens is 308 g/mol. The van der Waals surface area contributed by atoms with Crippen molar-refractivity contribution in [3.63, 3.8) is 0 Å². The largest absolute Gasteiger partial charge is 0.322 e. The number of aryl methyl sites for hydroxylation is 2.